The van der Waals surface area contributed by atoms with Gasteiger partial charge in [-0.15, -0.1) is 0 Å². The molecule has 3 aromatic rings. The summed E-state index contributed by atoms with van der Waals surface area (Å²) in [6, 6.07) is 19.8. The van der Waals surface area contributed by atoms with Crippen molar-refractivity contribution in [3.63, 3.8) is 0 Å². The molecule has 0 fully saturated rings. The highest BCUT2D eigenvalue weighted by Crippen LogP contribution is 2.34. The topological polar surface area (TPSA) is 53.3 Å². The fraction of sp³-hybridized carbons (Fsp3) is 0.150. The summed E-state index contributed by atoms with van der Waals surface area (Å²) in [5, 5.41) is 10.3. The molecule has 0 aromatic heterocycles. The van der Waals surface area contributed by atoms with Crippen LogP contribution >= 0.6 is 12.0 Å². The van der Waals surface area contributed by atoms with Crippen LogP contribution in [0.4, 0.5) is 0 Å². The number of rotatable bonds is 1. The minimum absolute atomic E-state index is 0.120. The van der Waals surface area contributed by atoms with E-state index in [1.165, 1.54) is 10.9 Å². The summed E-state index contributed by atoms with van der Waals surface area (Å²) in [6.45, 7) is 3.93. The van der Waals surface area contributed by atoms with Crippen molar-refractivity contribution in [3.8, 4) is 5.75 Å². The molecule has 4 rings (SSSR count). The minimum atomic E-state index is -0.120. The van der Waals surface area contributed by atoms with Gasteiger partial charge in [0.2, 0.25) is 0 Å². The molecule has 24 heavy (non-hydrogen) atoms. The zero-order valence-corrected chi connectivity index (χ0v) is 14.4. The van der Waals surface area contributed by atoms with Gasteiger partial charge in [-0.25, -0.2) is 0 Å². The summed E-state index contributed by atoms with van der Waals surface area (Å²) in [6.07, 6.45) is -0.120. The first-order valence-corrected chi connectivity index (χ1v) is 8.53. The van der Waals surface area contributed by atoms with Crippen molar-refractivity contribution >= 4 is 28.5 Å². The van der Waals surface area contributed by atoms with Crippen LogP contribution in [0, 0.1) is 12.3 Å². The largest absolute Gasteiger partial charge is 0.484 e. The summed E-state index contributed by atoms with van der Waals surface area (Å²) >= 11 is 0.777. The lowest BCUT2D eigenvalue weighted by atomic mass is 10.00. The van der Waals surface area contributed by atoms with E-state index in [-0.39, 0.29) is 6.10 Å². The van der Waals surface area contributed by atoms with Gasteiger partial charge < -0.3 is 14.7 Å². The van der Waals surface area contributed by atoms with E-state index < -0.39 is 0 Å². The van der Waals surface area contributed by atoms with E-state index in [4.69, 9.17) is 14.7 Å². The van der Waals surface area contributed by atoms with Gasteiger partial charge in [-0.2, -0.15) is 0 Å². The number of hydrogen-bond donors (Lipinski definition) is 2. The lowest BCUT2D eigenvalue weighted by Gasteiger charge is -2.02. The highest BCUT2D eigenvalue weighted by atomic mass is 32.2. The van der Waals surface area contributed by atoms with Crippen LogP contribution in [0.2, 0.25) is 0 Å². The second-order valence-electron chi connectivity index (χ2n) is 5.74. The molecule has 0 saturated carbocycles. The number of fused-ring (bicyclic) bond motifs is 3. The molecule has 4 heteroatoms. The normalized spacial score (nSPS) is 15.5. The molecule has 0 bridgehead atoms. The van der Waals surface area contributed by atoms with Gasteiger partial charge in [0.05, 0.1) is 5.71 Å². The Hall–Kier alpha value is -2.30. The van der Waals surface area contributed by atoms with Crippen LogP contribution in [0.5, 0.6) is 5.75 Å². The maximum absolute atomic E-state index is 8.55. The Kier molecular flexibility index (Phi) is 4.88. The molecule has 1 heterocycles. The third kappa shape index (κ3) is 3.30. The third-order valence-corrected chi connectivity index (χ3v) is 4.48. The summed E-state index contributed by atoms with van der Waals surface area (Å²) in [7, 11) is 0. The molecule has 122 valence electrons. The van der Waals surface area contributed by atoms with E-state index in [1.54, 1.807) is 0 Å². The van der Waals surface area contributed by atoms with Gasteiger partial charge in [0, 0.05) is 22.5 Å². The molecule has 0 saturated heterocycles. The maximum Gasteiger partial charge on any atom is 0.138 e. The molecule has 3 nitrogen and oxygen atoms in total. The van der Waals surface area contributed by atoms with Crippen molar-refractivity contribution in [2.45, 2.75) is 24.8 Å². The molecule has 3 aromatic carbocycles. The first kappa shape index (κ1) is 16.6. The highest BCUT2D eigenvalue weighted by Gasteiger charge is 2.26. The van der Waals surface area contributed by atoms with Crippen molar-refractivity contribution in [3.05, 3.63) is 71.8 Å². The smallest absolute Gasteiger partial charge is 0.138 e. The fourth-order valence-electron chi connectivity index (χ4n) is 2.68. The van der Waals surface area contributed by atoms with E-state index >= 15 is 0 Å². The highest BCUT2D eigenvalue weighted by molar-refractivity contribution is 7.93. The monoisotopic (exact) mass is 337 g/mol. The van der Waals surface area contributed by atoms with E-state index in [9.17, 15) is 0 Å². The summed E-state index contributed by atoms with van der Waals surface area (Å²) < 4.78 is 14.1. The van der Waals surface area contributed by atoms with E-state index in [2.05, 4.69) is 6.07 Å². The summed E-state index contributed by atoms with van der Waals surface area (Å²) in [5.41, 5.74) is 2.76. The SMILES string of the molecule is CC1Oc2ccc3ccccc3c2C1=N.Cc1ccc(SO)cc1. The van der Waals surface area contributed by atoms with E-state index in [0.717, 1.165) is 33.6 Å². The van der Waals surface area contributed by atoms with Gasteiger partial charge in [-0.1, -0.05) is 48.0 Å². The van der Waals surface area contributed by atoms with E-state index in [0.29, 0.717) is 5.71 Å². The predicted molar refractivity (Wildman–Crippen MR) is 101 cm³/mol. The number of nitrogens with one attached hydrogen (secondary N) is 1. The Bertz CT molecular complexity index is 874. The number of ether oxygens (including phenoxy) is 1. The van der Waals surface area contributed by atoms with Gasteiger partial charge in [0.1, 0.15) is 11.9 Å². The Balaban J connectivity index is 0.000000162. The molecule has 0 radical (unpaired) electrons. The van der Waals surface area contributed by atoms with Crippen LogP contribution in [-0.2, 0) is 0 Å². The number of hydrogen-bond acceptors (Lipinski definition) is 4. The van der Waals surface area contributed by atoms with Gasteiger partial charge in [0.15, 0.2) is 0 Å². The molecule has 1 unspecified atom stereocenters. The molecule has 1 aliphatic rings. The molecule has 0 spiro atoms. The van der Waals surface area contributed by atoms with Gasteiger partial charge >= 0.3 is 0 Å². The first-order valence-electron chi connectivity index (χ1n) is 7.75. The molecule has 2 N–H and O–H groups in total. The molecular weight excluding hydrogens is 318 g/mol. The Morgan fingerprint density at radius 2 is 1.71 bits per heavy atom. The Labute approximate surface area is 146 Å². The van der Waals surface area contributed by atoms with Gasteiger partial charge in [-0.05, 0) is 42.8 Å². The predicted octanol–water partition coefficient (Wildman–Crippen LogP) is 5.55. The zero-order chi connectivity index (χ0) is 17.1. The Morgan fingerprint density at radius 3 is 2.42 bits per heavy atom. The second kappa shape index (κ2) is 7.07. The summed E-state index contributed by atoms with van der Waals surface area (Å²) in [5.74, 6) is 0.839. The number of aryl methyl sites for hydroxylation is 1. The second-order valence-corrected chi connectivity index (χ2v) is 6.39. The molecule has 1 aliphatic heterocycles. The molecule has 1 atom stereocenters. The fourth-order valence-corrected chi connectivity index (χ4v) is 2.94. The zero-order valence-electron chi connectivity index (χ0n) is 13.6. The van der Waals surface area contributed by atoms with Crippen LogP contribution in [0.25, 0.3) is 10.8 Å². The minimum Gasteiger partial charge on any atom is -0.484 e. The van der Waals surface area contributed by atoms with Crippen LogP contribution in [0.3, 0.4) is 0 Å². The third-order valence-electron chi connectivity index (χ3n) is 4.00. The molecule has 0 amide bonds. The van der Waals surface area contributed by atoms with E-state index in [1.807, 2.05) is 68.4 Å². The lowest BCUT2D eigenvalue weighted by Crippen LogP contribution is -2.14. The summed E-state index contributed by atoms with van der Waals surface area (Å²) in [4.78, 5) is 0.889. The van der Waals surface area contributed by atoms with Gasteiger partial charge in [-0.3, -0.25) is 0 Å². The van der Waals surface area contributed by atoms with Crippen LogP contribution in [-0.4, -0.2) is 16.4 Å². The van der Waals surface area contributed by atoms with Crippen molar-refractivity contribution in [1.29, 1.82) is 5.41 Å². The van der Waals surface area contributed by atoms with Crippen molar-refractivity contribution in [2.24, 2.45) is 0 Å². The van der Waals surface area contributed by atoms with Gasteiger partial charge in [0.25, 0.3) is 0 Å². The van der Waals surface area contributed by atoms with Crippen LogP contribution in [0.15, 0.2) is 65.6 Å². The molecular formula is C20H19NO2S. The van der Waals surface area contributed by atoms with Crippen LogP contribution in [0.1, 0.15) is 18.1 Å². The maximum atomic E-state index is 8.55. The first-order chi connectivity index (χ1) is 11.6. The number of benzene rings is 3. The molecule has 0 aliphatic carbocycles. The van der Waals surface area contributed by atoms with Crippen molar-refractivity contribution < 1.29 is 9.29 Å². The lowest BCUT2D eigenvalue weighted by molar-refractivity contribution is 0.303. The van der Waals surface area contributed by atoms with Crippen molar-refractivity contribution in [2.75, 3.05) is 0 Å². The van der Waals surface area contributed by atoms with Crippen molar-refractivity contribution in [1.82, 2.24) is 0 Å². The average Bonchev–Trinajstić information content (AvgIpc) is 2.91. The van der Waals surface area contributed by atoms with Crippen LogP contribution < -0.4 is 4.74 Å². The average molecular weight is 337 g/mol. The standard InChI is InChI=1S/C13H11NO.C7H8OS/c1-8-13(14)12-10-5-3-2-4-9(10)6-7-11(12)15-8;1-6-2-4-7(9-8)5-3-6/h2-8,14H,1H3;2-5,8H,1H3. The quantitative estimate of drug-likeness (QED) is 0.573. The Morgan fingerprint density at radius 1 is 1.00 bits per heavy atom.